The van der Waals surface area contributed by atoms with Gasteiger partial charge >= 0.3 is 0 Å². The number of amides is 1. The lowest BCUT2D eigenvalue weighted by molar-refractivity contribution is 0.102. The van der Waals surface area contributed by atoms with Crippen LogP contribution in [0.4, 0.5) is 5.69 Å². The second kappa shape index (κ2) is 6.13. The quantitative estimate of drug-likeness (QED) is 0.804. The maximum absolute atomic E-state index is 12.3. The number of carbonyl (C=O) groups is 1. The van der Waals surface area contributed by atoms with Crippen LogP contribution in [0.2, 0.25) is 0 Å². The minimum Gasteiger partial charge on any atom is -0.495 e. The lowest BCUT2D eigenvalue weighted by atomic mass is 10.2. The number of anilines is 1. The first kappa shape index (κ1) is 13.9. The first-order chi connectivity index (χ1) is 10.8. The van der Waals surface area contributed by atoms with Crippen LogP contribution in [0.1, 0.15) is 10.4 Å². The molecule has 0 saturated heterocycles. The summed E-state index contributed by atoms with van der Waals surface area (Å²) in [5.74, 6) is 0.387. The highest BCUT2D eigenvalue weighted by atomic mass is 16.5. The third-order valence-corrected chi connectivity index (χ3v) is 3.22. The van der Waals surface area contributed by atoms with E-state index in [4.69, 9.17) is 4.74 Å². The second-order valence-electron chi connectivity index (χ2n) is 4.66. The second-order valence-corrected chi connectivity index (χ2v) is 4.66. The van der Waals surface area contributed by atoms with Crippen molar-refractivity contribution in [2.45, 2.75) is 0 Å². The highest BCUT2D eigenvalue weighted by Gasteiger charge is 2.11. The van der Waals surface area contributed by atoms with Crippen LogP contribution >= 0.6 is 0 Å². The average Bonchev–Trinajstić information content (AvgIpc) is 3.06. The van der Waals surface area contributed by atoms with Gasteiger partial charge in [-0.1, -0.05) is 30.3 Å². The van der Waals surface area contributed by atoms with Crippen LogP contribution < -0.4 is 10.1 Å². The van der Waals surface area contributed by atoms with Gasteiger partial charge in [-0.3, -0.25) is 4.79 Å². The predicted molar refractivity (Wildman–Crippen MR) is 84.5 cm³/mol. The van der Waals surface area contributed by atoms with Crippen LogP contribution in [0.15, 0.2) is 67.0 Å². The number of hydrogen-bond acceptors (Lipinski definition) is 3. The molecule has 0 aliphatic heterocycles. The molecule has 2 aromatic carbocycles. The number of para-hydroxylation sites is 3. The van der Waals surface area contributed by atoms with E-state index in [-0.39, 0.29) is 5.91 Å². The Bertz CT molecular complexity index is 781. The van der Waals surface area contributed by atoms with Crippen molar-refractivity contribution in [1.29, 1.82) is 0 Å². The van der Waals surface area contributed by atoms with Gasteiger partial charge in [-0.25, -0.2) is 4.68 Å². The van der Waals surface area contributed by atoms with Crippen LogP contribution in [0, 0.1) is 0 Å². The average molecular weight is 293 g/mol. The van der Waals surface area contributed by atoms with Gasteiger partial charge in [0.25, 0.3) is 5.91 Å². The number of methoxy groups -OCH3 is 1. The standard InChI is InChI=1S/C17H15N3O2/c1-22-16-10-6-5-9-15(16)19-17(21)13-11-18-20(12-13)14-7-3-2-4-8-14/h2-12H,1H3,(H,19,21). The Hall–Kier alpha value is -3.08. The number of hydrogen-bond donors (Lipinski definition) is 1. The summed E-state index contributed by atoms with van der Waals surface area (Å²) in [6.07, 6.45) is 3.23. The molecule has 0 saturated carbocycles. The van der Waals surface area contributed by atoms with Crippen LogP contribution in [-0.4, -0.2) is 22.8 Å². The van der Waals surface area contributed by atoms with Gasteiger partial charge in [-0.05, 0) is 24.3 Å². The maximum atomic E-state index is 12.3. The van der Waals surface area contributed by atoms with E-state index in [1.165, 1.54) is 6.20 Å². The minimum absolute atomic E-state index is 0.230. The Kier molecular flexibility index (Phi) is 3.87. The summed E-state index contributed by atoms with van der Waals surface area (Å²) in [6.45, 7) is 0. The van der Waals surface area contributed by atoms with E-state index in [1.54, 1.807) is 30.1 Å². The zero-order valence-electron chi connectivity index (χ0n) is 12.1. The Morgan fingerprint density at radius 2 is 1.82 bits per heavy atom. The van der Waals surface area contributed by atoms with Gasteiger partial charge in [0.15, 0.2) is 0 Å². The zero-order chi connectivity index (χ0) is 15.4. The minimum atomic E-state index is -0.230. The van der Waals surface area contributed by atoms with Gasteiger partial charge in [0.05, 0.1) is 30.2 Å². The van der Waals surface area contributed by atoms with Crippen molar-refractivity contribution in [2.24, 2.45) is 0 Å². The highest BCUT2D eigenvalue weighted by molar-refractivity contribution is 6.04. The Labute approximate surface area is 128 Å². The summed E-state index contributed by atoms with van der Waals surface area (Å²) in [6, 6.07) is 16.9. The fraction of sp³-hybridized carbons (Fsp3) is 0.0588. The summed E-state index contributed by atoms with van der Waals surface area (Å²) in [5, 5.41) is 7.04. The van der Waals surface area contributed by atoms with Gasteiger partial charge in [0, 0.05) is 6.20 Å². The Morgan fingerprint density at radius 1 is 1.09 bits per heavy atom. The predicted octanol–water partition coefficient (Wildman–Crippen LogP) is 3.13. The van der Waals surface area contributed by atoms with Crippen LogP contribution in [-0.2, 0) is 0 Å². The van der Waals surface area contributed by atoms with E-state index in [1.807, 2.05) is 42.5 Å². The van der Waals surface area contributed by atoms with Crippen molar-refractivity contribution in [3.05, 3.63) is 72.6 Å². The van der Waals surface area contributed by atoms with Gasteiger partial charge in [0.2, 0.25) is 0 Å². The molecule has 0 bridgehead atoms. The highest BCUT2D eigenvalue weighted by Crippen LogP contribution is 2.23. The van der Waals surface area contributed by atoms with E-state index in [0.29, 0.717) is 17.0 Å². The van der Waals surface area contributed by atoms with Crippen LogP contribution in [0.3, 0.4) is 0 Å². The monoisotopic (exact) mass is 293 g/mol. The fourth-order valence-corrected chi connectivity index (χ4v) is 2.10. The van der Waals surface area contributed by atoms with E-state index in [0.717, 1.165) is 5.69 Å². The van der Waals surface area contributed by atoms with E-state index >= 15 is 0 Å². The van der Waals surface area contributed by atoms with Crippen molar-refractivity contribution in [1.82, 2.24) is 9.78 Å². The molecule has 5 nitrogen and oxygen atoms in total. The lowest BCUT2D eigenvalue weighted by Gasteiger charge is -2.08. The van der Waals surface area contributed by atoms with Crippen molar-refractivity contribution in [2.75, 3.05) is 12.4 Å². The summed E-state index contributed by atoms with van der Waals surface area (Å²) >= 11 is 0. The molecule has 110 valence electrons. The number of ether oxygens (including phenoxy) is 1. The van der Waals surface area contributed by atoms with Gasteiger partial charge in [-0.2, -0.15) is 5.10 Å². The van der Waals surface area contributed by atoms with Crippen LogP contribution in [0.5, 0.6) is 5.75 Å². The summed E-state index contributed by atoms with van der Waals surface area (Å²) in [4.78, 5) is 12.3. The molecule has 1 amide bonds. The van der Waals surface area contributed by atoms with Crippen molar-refractivity contribution >= 4 is 11.6 Å². The van der Waals surface area contributed by atoms with Gasteiger partial charge in [-0.15, -0.1) is 0 Å². The molecule has 0 aliphatic carbocycles. The zero-order valence-corrected chi connectivity index (χ0v) is 12.1. The van der Waals surface area contributed by atoms with Crippen molar-refractivity contribution in [3.63, 3.8) is 0 Å². The van der Waals surface area contributed by atoms with Crippen molar-refractivity contribution < 1.29 is 9.53 Å². The third kappa shape index (κ3) is 2.83. The molecule has 1 heterocycles. The van der Waals surface area contributed by atoms with Crippen molar-refractivity contribution in [3.8, 4) is 11.4 Å². The lowest BCUT2D eigenvalue weighted by Crippen LogP contribution is -2.11. The number of nitrogens with zero attached hydrogens (tertiary/aromatic N) is 2. The molecule has 0 aliphatic rings. The molecular weight excluding hydrogens is 278 g/mol. The van der Waals surface area contributed by atoms with E-state index < -0.39 is 0 Å². The maximum Gasteiger partial charge on any atom is 0.258 e. The van der Waals surface area contributed by atoms with Gasteiger partial charge < -0.3 is 10.1 Å². The topological polar surface area (TPSA) is 56.1 Å². The SMILES string of the molecule is COc1ccccc1NC(=O)c1cnn(-c2ccccc2)c1. The molecule has 0 unspecified atom stereocenters. The third-order valence-electron chi connectivity index (χ3n) is 3.22. The molecule has 0 radical (unpaired) electrons. The number of rotatable bonds is 4. The number of benzene rings is 2. The molecule has 0 fully saturated rings. The number of nitrogens with one attached hydrogen (secondary N) is 1. The summed E-state index contributed by atoms with van der Waals surface area (Å²) in [7, 11) is 1.57. The van der Waals surface area contributed by atoms with E-state index in [2.05, 4.69) is 10.4 Å². The summed E-state index contributed by atoms with van der Waals surface area (Å²) in [5.41, 5.74) is 2.01. The number of carbonyl (C=O) groups excluding carboxylic acids is 1. The molecule has 0 spiro atoms. The molecule has 5 heteroatoms. The van der Waals surface area contributed by atoms with Crippen LogP contribution in [0.25, 0.3) is 5.69 Å². The Morgan fingerprint density at radius 3 is 2.59 bits per heavy atom. The van der Waals surface area contributed by atoms with Gasteiger partial charge in [0.1, 0.15) is 5.75 Å². The molecule has 3 rings (SSSR count). The molecule has 3 aromatic rings. The number of aromatic nitrogens is 2. The molecule has 1 aromatic heterocycles. The molecule has 1 N–H and O–H groups in total. The normalized spacial score (nSPS) is 10.2. The van der Waals surface area contributed by atoms with E-state index in [9.17, 15) is 4.79 Å². The fourth-order valence-electron chi connectivity index (χ4n) is 2.10. The molecule has 0 atom stereocenters. The molecular formula is C17H15N3O2. The largest absolute Gasteiger partial charge is 0.495 e. The first-order valence-electron chi connectivity index (χ1n) is 6.82. The first-order valence-corrected chi connectivity index (χ1v) is 6.82. The smallest absolute Gasteiger partial charge is 0.258 e. The Balaban J connectivity index is 1.80. The molecule has 22 heavy (non-hydrogen) atoms. The summed E-state index contributed by atoms with van der Waals surface area (Å²) < 4.78 is 6.88.